The minimum absolute atomic E-state index is 0.154. The average molecular weight is 311 g/mol. The third-order valence-electron chi connectivity index (χ3n) is 3.59. The van der Waals surface area contributed by atoms with Crippen LogP contribution in [0.1, 0.15) is 35.8 Å². The largest absolute Gasteiger partial charge is 0.322 e. The van der Waals surface area contributed by atoms with Crippen molar-refractivity contribution in [3.63, 3.8) is 0 Å². The minimum Gasteiger partial charge on any atom is -0.322 e. The van der Waals surface area contributed by atoms with Gasteiger partial charge in [0.1, 0.15) is 0 Å². The highest BCUT2D eigenvalue weighted by molar-refractivity contribution is 6.03. The molecule has 0 saturated carbocycles. The van der Waals surface area contributed by atoms with E-state index < -0.39 is 0 Å². The zero-order chi connectivity index (χ0) is 16.6. The SMILES string of the molecule is CC(C)c1cc(=O)[nH]c2cc(NC(=O)c3cn(C)nn3)ccc12. The van der Waals surface area contributed by atoms with Crippen LogP contribution in [-0.4, -0.2) is 25.9 Å². The fourth-order valence-corrected chi connectivity index (χ4v) is 2.49. The molecule has 0 spiro atoms. The normalized spacial score (nSPS) is 11.1. The predicted molar refractivity (Wildman–Crippen MR) is 87.6 cm³/mol. The van der Waals surface area contributed by atoms with Crippen molar-refractivity contribution in [2.45, 2.75) is 19.8 Å². The molecule has 0 aliphatic carbocycles. The quantitative estimate of drug-likeness (QED) is 0.774. The summed E-state index contributed by atoms with van der Waals surface area (Å²) >= 11 is 0. The molecule has 3 aromatic rings. The summed E-state index contributed by atoms with van der Waals surface area (Å²) < 4.78 is 1.46. The Morgan fingerprint density at radius 2 is 2.09 bits per heavy atom. The molecular weight excluding hydrogens is 294 g/mol. The number of carbonyl (C=O) groups excluding carboxylic acids is 1. The maximum atomic E-state index is 12.1. The second kappa shape index (κ2) is 5.68. The molecule has 3 rings (SSSR count). The third-order valence-corrected chi connectivity index (χ3v) is 3.59. The molecule has 23 heavy (non-hydrogen) atoms. The van der Waals surface area contributed by atoms with Gasteiger partial charge in [-0.25, -0.2) is 0 Å². The molecule has 1 amide bonds. The standard InChI is InChI=1S/C16H17N5O2/c1-9(2)12-7-15(22)18-13-6-10(4-5-11(12)13)17-16(23)14-8-21(3)20-19-14/h4-9H,1-3H3,(H,17,23)(H,18,22). The number of nitrogens with zero attached hydrogens (tertiary/aromatic N) is 3. The van der Waals surface area contributed by atoms with Crippen LogP contribution in [0.15, 0.2) is 35.3 Å². The number of nitrogens with one attached hydrogen (secondary N) is 2. The Kier molecular flexibility index (Phi) is 3.69. The number of hydrogen-bond acceptors (Lipinski definition) is 4. The first-order valence-corrected chi connectivity index (χ1v) is 7.28. The van der Waals surface area contributed by atoms with E-state index in [1.165, 1.54) is 10.9 Å². The number of aromatic nitrogens is 4. The summed E-state index contributed by atoms with van der Waals surface area (Å²) in [6.07, 6.45) is 1.54. The molecule has 0 radical (unpaired) electrons. The van der Waals surface area contributed by atoms with Crippen molar-refractivity contribution >= 4 is 22.5 Å². The summed E-state index contributed by atoms with van der Waals surface area (Å²) in [4.78, 5) is 26.7. The molecular formula is C16H17N5O2. The van der Waals surface area contributed by atoms with Crippen LogP contribution >= 0.6 is 0 Å². The zero-order valence-electron chi connectivity index (χ0n) is 13.1. The number of hydrogen-bond donors (Lipinski definition) is 2. The molecule has 2 N–H and O–H groups in total. The number of carbonyl (C=O) groups is 1. The van der Waals surface area contributed by atoms with Gasteiger partial charge in [-0.05, 0) is 23.6 Å². The lowest BCUT2D eigenvalue weighted by molar-refractivity contribution is 0.102. The van der Waals surface area contributed by atoms with Gasteiger partial charge in [0.05, 0.1) is 11.7 Å². The van der Waals surface area contributed by atoms with Gasteiger partial charge in [-0.3, -0.25) is 14.3 Å². The first-order chi connectivity index (χ1) is 10.9. The number of rotatable bonds is 3. The van der Waals surface area contributed by atoms with Crippen LogP contribution in [0.2, 0.25) is 0 Å². The molecule has 0 aliphatic rings. The first-order valence-electron chi connectivity index (χ1n) is 7.28. The van der Waals surface area contributed by atoms with Gasteiger partial charge in [0.2, 0.25) is 5.56 Å². The Morgan fingerprint density at radius 1 is 1.30 bits per heavy atom. The topological polar surface area (TPSA) is 92.7 Å². The van der Waals surface area contributed by atoms with Crippen molar-refractivity contribution in [1.29, 1.82) is 0 Å². The molecule has 1 aromatic carbocycles. The number of fused-ring (bicyclic) bond motifs is 1. The van der Waals surface area contributed by atoms with Crippen LogP contribution in [0.5, 0.6) is 0 Å². The molecule has 0 atom stereocenters. The third kappa shape index (κ3) is 2.98. The maximum absolute atomic E-state index is 12.1. The fourth-order valence-electron chi connectivity index (χ4n) is 2.49. The van der Waals surface area contributed by atoms with E-state index >= 15 is 0 Å². The number of amides is 1. The summed E-state index contributed by atoms with van der Waals surface area (Å²) in [5, 5.41) is 11.2. The number of benzene rings is 1. The van der Waals surface area contributed by atoms with Crippen molar-refractivity contribution in [2.24, 2.45) is 7.05 Å². The highest BCUT2D eigenvalue weighted by Gasteiger charge is 2.12. The van der Waals surface area contributed by atoms with Crippen molar-refractivity contribution in [3.8, 4) is 0 Å². The van der Waals surface area contributed by atoms with Crippen LogP contribution in [0.25, 0.3) is 10.9 Å². The molecule has 0 saturated heterocycles. The summed E-state index contributed by atoms with van der Waals surface area (Å²) in [6, 6.07) is 7.06. The van der Waals surface area contributed by atoms with Crippen LogP contribution in [0.4, 0.5) is 5.69 Å². The van der Waals surface area contributed by atoms with Gasteiger partial charge in [-0.1, -0.05) is 25.1 Å². The van der Waals surface area contributed by atoms with Crippen LogP contribution in [-0.2, 0) is 7.05 Å². The number of aromatic amines is 1. The number of H-pyrrole nitrogens is 1. The predicted octanol–water partition coefficient (Wildman–Crippen LogP) is 2.03. The lowest BCUT2D eigenvalue weighted by atomic mass is 9.99. The molecule has 7 nitrogen and oxygen atoms in total. The summed E-state index contributed by atoms with van der Waals surface area (Å²) in [6.45, 7) is 4.08. The van der Waals surface area contributed by atoms with Crippen molar-refractivity contribution in [2.75, 3.05) is 5.32 Å². The molecule has 2 aromatic heterocycles. The lowest BCUT2D eigenvalue weighted by Gasteiger charge is -2.11. The number of aryl methyl sites for hydroxylation is 1. The van der Waals surface area contributed by atoms with Crippen molar-refractivity contribution in [3.05, 3.63) is 52.1 Å². The van der Waals surface area contributed by atoms with Crippen LogP contribution in [0, 0.1) is 0 Å². The van der Waals surface area contributed by atoms with Gasteiger partial charge in [0.15, 0.2) is 5.69 Å². The van der Waals surface area contributed by atoms with Gasteiger partial charge in [0.25, 0.3) is 5.91 Å². The summed E-state index contributed by atoms with van der Waals surface area (Å²) in [7, 11) is 1.69. The van der Waals surface area contributed by atoms with E-state index in [0.717, 1.165) is 10.9 Å². The average Bonchev–Trinajstić information content (AvgIpc) is 2.92. The Labute approximate surface area is 132 Å². The highest BCUT2D eigenvalue weighted by Crippen LogP contribution is 2.25. The molecule has 2 heterocycles. The molecule has 0 aliphatic heterocycles. The Morgan fingerprint density at radius 3 is 2.74 bits per heavy atom. The van der Waals surface area contributed by atoms with E-state index in [1.807, 2.05) is 19.9 Å². The van der Waals surface area contributed by atoms with E-state index in [4.69, 9.17) is 0 Å². The van der Waals surface area contributed by atoms with E-state index in [1.54, 1.807) is 25.2 Å². The summed E-state index contributed by atoms with van der Waals surface area (Å²) in [5.41, 5.74) is 2.34. The first kappa shape index (κ1) is 15.0. The highest BCUT2D eigenvalue weighted by atomic mass is 16.2. The van der Waals surface area contributed by atoms with Gasteiger partial charge in [-0.15, -0.1) is 5.10 Å². The second-order valence-corrected chi connectivity index (χ2v) is 5.74. The van der Waals surface area contributed by atoms with Gasteiger partial charge >= 0.3 is 0 Å². The van der Waals surface area contributed by atoms with Crippen molar-refractivity contribution in [1.82, 2.24) is 20.0 Å². The second-order valence-electron chi connectivity index (χ2n) is 5.74. The van der Waals surface area contributed by atoms with Crippen LogP contribution in [0.3, 0.4) is 0 Å². The molecule has 0 fully saturated rings. The van der Waals surface area contributed by atoms with Gasteiger partial charge in [-0.2, -0.15) is 0 Å². The van der Waals surface area contributed by atoms with E-state index in [9.17, 15) is 9.59 Å². The Balaban J connectivity index is 1.97. The minimum atomic E-state index is -0.347. The Bertz CT molecular complexity index is 939. The van der Waals surface area contributed by atoms with E-state index in [-0.39, 0.29) is 23.1 Å². The fraction of sp³-hybridized carbons (Fsp3) is 0.250. The monoisotopic (exact) mass is 311 g/mol. The van der Waals surface area contributed by atoms with Crippen molar-refractivity contribution < 1.29 is 4.79 Å². The number of anilines is 1. The smallest absolute Gasteiger partial charge is 0.277 e. The molecule has 7 heteroatoms. The van der Waals surface area contributed by atoms with Gasteiger partial charge in [0, 0.05) is 24.2 Å². The van der Waals surface area contributed by atoms with Gasteiger partial charge < -0.3 is 10.3 Å². The van der Waals surface area contributed by atoms with Crippen LogP contribution < -0.4 is 10.9 Å². The lowest BCUT2D eigenvalue weighted by Crippen LogP contribution is -2.13. The van der Waals surface area contributed by atoms with E-state index in [2.05, 4.69) is 20.6 Å². The summed E-state index contributed by atoms with van der Waals surface area (Å²) in [5.74, 6) is -0.111. The Hall–Kier alpha value is -2.96. The maximum Gasteiger partial charge on any atom is 0.277 e. The number of pyridine rings is 1. The molecule has 118 valence electrons. The molecule has 0 bridgehead atoms. The zero-order valence-corrected chi connectivity index (χ0v) is 13.1. The molecule has 0 unspecified atom stereocenters. The van der Waals surface area contributed by atoms with E-state index in [0.29, 0.717) is 11.2 Å².